The Hall–Kier alpha value is -2.64. The van der Waals surface area contributed by atoms with Crippen LogP contribution in [0.1, 0.15) is 32.5 Å². The summed E-state index contributed by atoms with van der Waals surface area (Å²) in [5.41, 5.74) is 2.84. The molecule has 1 unspecified atom stereocenters. The number of carbonyl (C=O) groups is 2. The van der Waals surface area contributed by atoms with E-state index in [1.54, 1.807) is 19.2 Å². The molecule has 0 saturated carbocycles. The van der Waals surface area contributed by atoms with Gasteiger partial charge in [-0.1, -0.05) is 40.2 Å². The minimum Gasteiger partial charge on any atom is -0.497 e. The maximum Gasteiger partial charge on any atom is 0.346 e. The molecule has 1 aliphatic heterocycles. The Bertz CT molecular complexity index is 1070. The van der Waals surface area contributed by atoms with Gasteiger partial charge < -0.3 is 15.2 Å². The van der Waals surface area contributed by atoms with E-state index in [1.807, 2.05) is 36.4 Å². The van der Waals surface area contributed by atoms with Gasteiger partial charge >= 0.3 is 5.97 Å². The number of anilines is 1. The number of fused-ring (bicyclic) bond motifs is 1. The standard InChI is InChI=1S/C21H16BrNO4S/c1-27-14-7-5-11(6-8-14)17-18-19(28-20(17)21(25)26)15(10-16(24)23-18)12-3-2-4-13(22)9-12/h2-9,15H,10H2,1H3,(H,23,24)(H,25,26). The Morgan fingerprint density at radius 2 is 2.00 bits per heavy atom. The van der Waals surface area contributed by atoms with Crippen LogP contribution >= 0.6 is 27.3 Å². The molecule has 2 heterocycles. The van der Waals surface area contributed by atoms with Crippen molar-refractivity contribution in [1.82, 2.24) is 0 Å². The molecule has 3 aromatic rings. The third-order valence-corrected chi connectivity index (χ3v) is 6.51. The number of aromatic carboxylic acids is 1. The predicted octanol–water partition coefficient (Wildman–Crippen LogP) is 5.36. The molecule has 0 radical (unpaired) electrons. The first-order valence-electron chi connectivity index (χ1n) is 8.57. The summed E-state index contributed by atoms with van der Waals surface area (Å²) < 4.78 is 6.11. The maximum atomic E-state index is 12.5. The number of nitrogens with one attached hydrogen (secondary N) is 1. The highest BCUT2D eigenvalue weighted by molar-refractivity contribution is 9.10. The highest BCUT2D eigenvalue weighted by Gasteiger charge is 2.34. The molecule has 1 aliphatic rings. The predicted molar refractivity (Wildman–Crippen MR) is 112 cm³/mol. The average Bonchev–Trinajstić information content (AvgIpc) is 3.07. The summed E-state index contributed by atoms with van der Waals surface area (Å²) in [5, 5.41) is 12.7. The first-order chi connectivity index (χ1) is 13.5. The van der Waals surface area contributed by atoms with Gasteiger partial charge in [0.25, 0.3) is 0 Å². The number of rotatable bonds is 4. The Balaban J connectivity index is 1.91. The summed E-state index contributed by atoms with van der Waals surface area (Å²) in [4.78, 5) is 25.5. The van der Waals surface area contributed by atoms with Gasteiger partial charge in [0.1, 0.15) is 10.6 Å². The number of hydrogen-bond acceptors (Lipinski definition) is 4. The number of carboxylic acid groups (broad SMARTS) is 1. The van der Waals surface area contributed by atoms with E-state index in [9.17, 15) is 14.7 Å². The fourth-order valence-corrected chi connectivity index (χ4v) is 5.13. The maximum absolute atomic E-state index is 12.5. The molecule has 0 spiro atoms. The van der Waals surface area contributed by atoms with Crippen LogP contribution in [0, 0.1) is 0 Å². The molecular weight excluding hydrogens is 442 g/mol. The molecule has 2 N–H and O–H groups in total. The topological polar surface area (TPSA) is 75.6 Å². The Morgan fingerprint density at radius 3 is 2.64 bits per heavy atom. The van der Waals surface area contributed by atoms with Crippen molar-refractivity contribution in [3.05, 3.63) is 68.3 Å². The van der Waals surface area contributed by atoms with Crippen LogP contribution in [0.4, 0.5) is 5.69 Å². The lowest BCUT2D eigenvalue weighted by atomic mass is 9.89. The lowest BCUT2D eigenvalue weighted by molar-refractivity contribution is -0.116. The minimum absolute atomic E-state index is 0.123. The number of carbonyl (C=O) groups excluding carboxylic acids is 1. The first kappa shape index (κ1) is 18.7. The number of thiophene rings is 1. The molecule has 7 heteroatoms. The number of hydrogen-bond donors (Lipinski definition) is 2. The van der Waals surface area contributed by atoms with Crippen molar-refractivity contribution >= 4 is 44.8 Å². The van der Waals surface area contributed by atoms with Gasteiger partial charge in [-0.15, -0.1) is 11.3 Å². The Labute approximate surface area is 174 Å². The molecule has 0 bridgehead atoms. The highest BCUT2D eigenvalue weighted by atomic mass is 79.9. The van der Waals surface area contributed by atoms with Crippen molar-refractivity contribution in [1.29, 1.82) is 0 Å². The second-order valence-corrected chi connectivity index (χ2v) is 8.41. The zero-order valence-electron chi connectivity index (χ0n) is 14.9. The van der Waals surface area contributed by atoms with Crippen LogP contribution in [0.3, 0.4) is 0 Å². The molecule has 1 amide bonds. The normalized spacial score (nSPS) is 15.6. The van der Waals surface area contributed by atoms with E-state index in [0.717, 1.165) is 20.5 Å². The Kier molecular flexibility index (Phi) is 4.95. The van der Waals surface area contributed by atoms with Gasteiger partial charge in [-0.2, -0.15) is 0 Å². The summed E-state index contributed by atoms with van der Waals surface area (Å²) in [7, 11) is 1.58. The molecule has 142 valence electrons. The van der Waals surface area contributed by atoms with Crippen LogP contribution in [0.2, 0.25) is 0 Å². The van der Waals surface area contributed by atoms with E-state index in [-0.39, 0.29) is 23.1 Å². The van der Waals surface area contributed by atoms with Gasteiger partial charge in [-0.05, 0) is 35.4 Å². The lowest BCUT2D eigenvalue weighted by Gasteiger charge is -2.24. The number of carboxylic acids is 1. The largest absolute Gasteiger partial charge is 0.497 e. The van der Waals surface area contributed by atoms with E-state index >= 15 is 0 Å². The second-order valence-electron chi connectivity index (χ2n) is 6.44. The van der Waals surface area contributed by atoms with Crippen molar-refractivity contribution in [2.45, 2.75) is 12.3 Å². The van der Waals surface area contributed by atoms with Crippen LogP contribution in [-0.2, 0) is 4.79 Å². The van der Waals surface area contributed by atoms with Crippen molar-refractivity contribution < 1.29 is 19.4 Å². The van der Waals surface area contributed by atoms with E-state index in [4.69, 9.17) is 4.74 Å². The van der Waals surface area contributed by atoms with Crippen LogP contribution in [0.5, 0.6) is 5.75 Å². The Morgan fingerprint density at radius 1 is 1.25 bits per heavy atom. The third-order valence-electron chi connectivity index (χ3n) is 4.73. The van der Waals surface area contributed by atoms with Crippen LogP contribution in [0.25, 0.3) is 11.1 Å². The minimum atomic E-state index is -1.01. The number of halogens is 1. The lowest BCUT2D eigenvalue weighted by Crippen LogP contribution is -2.22. The van der Waals surface area contributed by atoms with Gasteiger partial charge in [0.2, 0.25) is 5.91 Å². The van der Waals surface area contributed by atoms with Crippen LogP contribution in [-0.4, -0.2) is 24.1 Å². The average molecular weight is 458 g/mol. The molecule has 1 atom stereocenters. The molecule has 0 saturated heterocycles. The zero-order chi connectivity index (χ0) is 19.8. The highest BCUT2D eigenvalue weighted by Crippen LogP contribution is 2.49. The molecule has 5 nitrogen and oxygen atoms in total. The van der Waals surface area contributed by atoms with E-state index in [1.165, 1.54) is 11.3 Å². The summed E-state index contributed by atoms with van der Waals surface area (Å²) in [5.74, 6) is -0.633. The number of benzene rings is 2. The van der Waals surface area contributed by atoms with E-state index in [2.05, 4.69) is 21.2 Å². The number of amides is 1. The fraction of sp³-hybridized carbons (Fsp3) is 0.143. The second kappa shape index (κ2) is 7.41. The van der Waals surface area contributed by atoms with Gasteiger partial charge in [0.15, 0.2) is 0 Å². The molecule has 0 fully saturated rings. The van der Waals surface area contributed by atoms with Crippen LogP contribution < -0.4 is 10.1 Å². The monoisotopic (exact) mass is 457 g/mol. The van der Waals surface area contributed by atoms with Gasteiger partial charge in [0.05, 0.1) is 12.8 Å². The van der Waals surface area contributed by atoms with Gasteiger partial charge in [0, 0.05) is 27.3 Å². The zero-order valence-corrected chi connectivity index (χ0v) is 17.3. The molecule has 2 aromatic carbocycles. The van der Waals surface area contributed by atoms with E-state index in [0.29, 0.717) is 17.0 Å². The quantitative estimate of drug-likeness (QED) is 0.552. The molecule has 1 aromatic heterocycles. The number of methoxy groups -OCH3 is 1. The summed E-state index contributed by atoms with van der Waals surface area (Å²) >= 11 is 4.70. The summed E-state index contributed by atoms with van der Waals surface area (Å²) in [6, 6.07) is 15.0. The summed E-state index contributed by atoms with van der Waals surface area (Å²) in [6.07, 6.45) is 0.283. The first-order valence-corrected chi connectivity index (χ1v) is 10.2. The molecular formula is C21H16BrNO4S. The van der Waals surface area contributed by atoms with E-state index < -0.39 is 5.97 Å². The molecule has 0 aliphatic carbocycles. The molecule has 28 heavy (non-hydrogen) atoms. The van der Waals surface area contributed by atoms with Gasteiger partial charge in [-0.3, -0.25) is 4.79 Å². The number of ether oxygens (including phenoxy) is 1. The van der Waals surface area contributed by atoms with Crippen molar-refractivity contribution in [2.24, 2.45) is 0 Å². The molecule has 4 rings (SSSR count). The SMILES string of the molecule is COc1ccc(-c2c(C(=O)O)sc3c2NC(=O)CC3c2cccc(Br)c2)cc1. The van der Waals surface area contributed by atoms with Crippen molar-refractivity contribution in [3.63, 3.8) is 0 Å². The summed E-state index contributed by atoms with van der Waals surface area (Å²) in [6.45, 7) is 0. The van der Waals surface area contributed by atoms with Gasteiger partial charge in [-0.25, -0.2) is 4.79 Å². The van der Waals surface area contributed by atoms with Crippen molar-refractivity contribution in [2.75, 3.05) is 12.4 Å². The fourth-order valence-electron chi connectivity index (χ4n) is 3.46. The van der Waals surface area contributed by atoms with Crippen molar-refractivity contribution in [3.8, 4) is 16.9 Å². The third kappa shape index (κ3) is 3.31. The smallest absolute Gasteiger partial charge is 0.346 e. The van der Waals surface area contributed by atoms with Crippen LogP contribution in [0.15, 0.2) is 53.0 Å².